The molecule has 15 heavy (non-hydrogen) atoms. The SMILES string of the molecule is CNC(CCC(C)N)CCC(C)N(C)C. The Hall–Kier alpha value is -0.120. The molecule has 0 rings (SSSR count). The van der Waals surface area contributed by atoms with Crippen LogP contribution >= 0.6 is 0 Å². The predicted molar refractivity (Wildman–Crippen MR) is 68.1 cm³/mol. The molecule has 0 aliphatic rings. The maximum Gasteiger partial charge on any atom is 0.00652 e. The fourth-order valence-corrected chi connectivity index (χ4v) is 1.60. The van der Waals surface area contributed by atoms with Gasteiger partial charge in [0.2, 0.25) is 0 Å². The topological polar surface area (TPSA) is 41.3 Å². The van der Waals surface area contributed by atoms with Gasteiger partial charge in [0, 0.05) is 18.1 Å². The van der Waals surface area contributed by atoms with E-state index in [0.717, 1.165) is 6.42 Å². The number of nitrogens with one attached hydrogen (secondary N) is 1. The van der Waals surface area contributed by atoms with Crippen LogP contribution in [0.3, 0.4) is 0 Å². The fourth-order valence-electron chi connectivity index (χ4n) is 1.60. The minimum absolute atomic E-state index is 0.326. The minimum atomic E-state index is 0.326. The molecule has 0 amide bonds. The van der Waals surface area contributed by atoms with Gasteiger partial charge in [0.05, 0.1) is 0 Å². The highest BCUT2D eigenvalue weighted by Gasteiger charge is 2.10. The summed E-state index contributed by atoms with van der Waals surface area (Å²) in [6, 6.07) is 1.61. The lowest BCUT2D eigenvalue weighted by molar-refractivity contribution is 0.280. The van der Waals surface area contributed by atoms with E-state index in [0.29, 0.717) is 18.1 Å². The molecule has 0 aliphatic carbocycles. The zero-order valence-corrected chi connectivity index (χ0v) is 11.1. The first-order valence-electron chi connectivity index (χ1n) is 6.06. The first kappa shape index (κ1) is 14.9. The van der Waals surface area contributed by atoms with E-state index in [4.69, 9.17) is 5.73 Å². The van der Waals surface area contributed by atoms with Crippen LogP contribution in [0.2, 0.25) is 0 Å². The van der Waals surface area contributed by atoms with Gasteiger partial charge in [0.1, 0.15) is 0 Å². The van der Waals surface area contributed by atoms with Gasteiger partial charge >= 0.3 is 0 Å². The van der Waals surface area contributed by atoms with Crippen molar-refractivity contribution in [2.45, 2.75) is 57.7 Å². The Labute approximate surface area is 95.4 Å². The molecule has 3 N–H and O–H groups in total. The normalized spacial score (nSPS) is 17.8. The van der Waals surface area contributed by atoms with Crippen molar-refractivity contribution in [3.63, 3.8) is 0 Å². The molecule has 0 bridgehead atoms. The van der Waals surface area contributed by atoms with E-state index in [2.05, 4.69) is 38.2 Å². The summed E-state index contributed by atoms with van der Waals surface area (Å²) in [6.07, 6.45) is 4.79. The second-order valence-electron chi connectivity index (χ2n) is 4.93. The first-order valence-corrected chi connectivity index (χ1v) is 6.06. The first-order chi connectivity index (χ1) is 6.97. The Morgan fingerprint density at radius 1 is 1.07 bits per heavy atom. The second kappa shape index (κ2) is 8.08. The van der Waals surface area contributed by atoms with E-state index in [1.807, 2.05) is 7.05 Å². The van der Waals surface area contributed by atoms with Crippen LogP contribution in [0.1, 0.15) is 39.5 Å². The van der Waals surface area contributed by atoms with E-state index in [1.54, 1.807) is 0 Å². The molecule has 0 fully saturated rings. The zero-order valence-electron chi connectivity index (χ0n) is 11.1. The summed E-state index contributed by atoms with van der Waals surface area (Å²) in [6.45, 7) is 4.35. The Morgan fingerprint density at radius 2 is 1.60 bits per heavy atom. The molecule has 3 unspecified atom stereocenters. The number of hydrogen-bond acceptors (Lipinski definition) is 3. The van der Waals surface area contributed by atoms with Gasteiger partial charge < -0.3 is 16.0 Å². The molecule has 0 saturated heterocycles. The average Bonchev–Trinajstić information content (AvgIpc) is 2.17. The fraction of sp³-hybridized carbons (Fsp3) is 1.00. The van der Waals surface area contributed by atoms with Crippen molar-refractivity contribution in [3.8, 4) is 0 Å². The van der Waals surface area contributed by atoms with E-state index in [9.17, 15) is 0 Å². The van der Waals surface area contributed by atoms with Crippen LogP contribution in [0.5, 0.6) is 0 Å². The Kier molecular flexibility index (Phi) is 8.02. The van der Waals surface area contributed by atoms with Crippen LogP contribution < -0.4 is 11.1 Å². The van der Waals surface area contributed by atoms with E-state index in [-0.39, 0.29) is 0 Å². The molecule has 0 heterocycles. The lowest BCUT2D eigenvalue weighted by Crippen LogP contribution is -2.31. The van der Waals surface area contributed by atoms with Crippen molar-refractivity contribution in [1.82, 2.24) is 10.2 Å². The molecular weight excluding hydrogens is 186 g/mol. The largest absolute Gasteiger partial charge is 0.328 e. The lowest BCUT2D eigenvalue weighted by atomic mass is 10.0. The predicted octanol–water partition coefficient (Wildman–Crippen LogP) is 1.43. The van der Waals surface area contributed by atoms with Crippen LogP contribution in [-0.4, -0.2) is 44.2 Å². The standard InChI is InChI=1S/C12H29N3/c1-10(13)6-8-12(14-3)9-7-11(2)15(4)5/h10-12,14H,6-9,13H2,1-5H3. The average molecular weight is 215 g/mol. The number of rotatable bonds is 8. The summed E-state index contributed by atoms with van der Waals surface area (Å²) in [5, 5.41) is 3.38. The third-order valence-corrected chi connectivity index (χ3v) is 3.19. The van der Waals surface area contributed by atoms with Crippen LogP contribution in [-0.2, 0) is 0 Å². The van der Waals surface area contributed by atoms with E-state index in [1.165, 1.54) is 19.3 Å². The smallest absolute Gasteiger partial charge is 0.00652 e. The van der Waals surface area contributed by atoms with Crippen LogP contribution in [0.25, 0.3) is 0 Å². The molecule has 0 aromatic carbocycles. The van der Waals surface area contributed by atoms with Crippen LogP contribution in [0, 0.1) is 0 Å². The number of hydrogen-bond donors (Lipinski definition) is 2. The van der Waals surface area contributed by atoms with Crippen molar-refractivity contribution >= 4 is 0 Å². The molecular formula is C12H29N3. The van der Waals surface area contributed by atoms with Crippen molar-refractivity contribution in [2.24, 2.45) is 5.73 Å². The Bertz CT molecular complexity index is 146. The second-order valence-corrected chi connectivity index (χ2v) is 4.93. The quantitative estimate of drug-likeness (QED) is 0.643. The lowest BCUT2D eigenvalue weighted by Gasteiger charge is -2.23. The van der Waals surface area contributed by atoms with Gasteiger partial charge in [-0.15, -0.1) is 0 Å². The van der Waals surface area contributed by atoms with Crippen molar-refractivity contribution in [3.05, 3.63) is 0 Å². The third kappa shape index (κ3) is 7.77. The number of nitrogens with two attached hydrogens (primary N) is 1. The van der Waals surface area contributed by atoms with Crippen molar-refractivity contribution < 1.29 is 0 Å². The molecule has 0 aromatic heterocycles. The maximum absolute atomic E-state index is 5.76. The van der Waals surface area contributed by atoms with Gasteiger partial charge in [-0.1, -0.05) is 0 Å². The minimum Gasteiger partial charge on any atom is -0.328 e. The molecule has 92 valence electrons. The van der Waals surface area contributed by atoms with Crippen molar-refractivity contribution in [1.29, 1.82) is 0 Å². The summed E-state index contributed by atoms with van der Waals surface area (Å²) in [5.74, 6) is 0. The molecule has 0 aliphatic heterocycles. The summed E-state index contributed by atoms with van der Waals surface area (Å²) < 4.78 is 0. The molecule has 3 nitrogen and oxygen atoms in total. The highest BCUT2D eigenvalue weighted by molar-refractivity contribution is 4.70. The summed E-state index contributed by atoms with van der Waals surface area (Å²) >= 11 is 0. The zero-order chi connectivity index (χ0) is 11.8. The van der Waals surface area contributed by atoms with Gasteiger partial charge in [-0.3, -0.25) is 0 Å². The Morgan fingerprint density at radius 3 is 2.00 bits per heavy atom. The van der Waals surface area contributed by atoms with E-state index < -0.39 is 0 Å². The Balaban J connectivity index is 3.70. The van der Waals surface area contributed by atoms with Crippen molar-refractivity contribution in [2.75, 3.05) is 21.1 Å². The highest BCUT2D eigenvalue weighted by Crippen LogP contribution is 2.10. The van der Waals surface area contributed by atoms with Crippen LogP contribution in [0.4, 0.5) is 0 Å². The monoisotopic (exact) mass is 215 g/mol. The molecule has 0 aromatic rings. The summed E-state index contributed by atoms with van der Waals surface area (Å²) in [4.78, 5) is 2.28. The van der Waals surface area contributed by atoms with Gasteiger partial charge in [-0.05, 0) is 60.7 Å². The summed E-state index contributed by atoms with van der Waals surface area (Å²) in [5.41, 5.74) is 5.76. The van der Waals surface area contributed by atoms with Gasteiger partial charge in [-0.25, -0.2) is 0 Å². The molecule has 3 atom stereocenters. The molecule has 3 heteroatoms. The van der Waals surface area contributed by atoms with Gasteiger partial charge in [-0.2, -0.15) is 0 Å². The third-order valence-electron chi connectivity index (χ3n) is 3.19. The molecule has 0 saturated carbocycles. The van der Waals surface area contributed by atoms with Gasteiger partial charge in [0.15, 0.2) is 0 Å². The maximum atomic E-state index is 5.76. The van der Waals surface area contributed by atoms with E-state index >= 15 is 0 Å². The molecule has 0 spiro atoms. The number of nitrogens with zero attached hydrogens (tertiary/aromatic N) is 1. The highest BCUT2D eigenvalue weighted by atomic mass is 15.1. The molecule has 0 radical (unpaired) electrons. The van der Waals surface area contributed by atoms with Gasteiger partial charge in [0.25, 0.3) is 0 Å². The van der Waals surface area contributed by atoms with Crippen LogP contribution in [0.15, 0.2) is 0 Å². The summed E-state index contributed by atoms with van der Waals surface area (Å²) in [7, 11) is 6.33.